The van der Waals surface area contributed by atoms with E-state index in [9.17, 15) is 4.79 Å². The Kier molecular flexibility index (Phi) is 4.29. The molecule has 6 heteroatoms. The first kappa shape index (κ1) is 15.7. The van der Waals surface area contributed by atoms with Gasteiger partial charge in [-0.3, -0.25) is 4.79 Å². The molecule has 2 N–H and O–H groups in total. The molecular formula is C18H18N2O4. The lowest BCUT2D eigenvalue weighted by Gasteiger charge is -2.10. The van der Waals surface area contributed by atoms with Crippen LogP contribution in [0.4, 0.5) is 5.69 Å². The van der Waals surface area contributed by atoms with E-state index in [1.54, 1.807) is 45.6 Å². The topological polar surface area (TPSA) is 72.6 Å². The highest BCUT2D eigenvalue weighted by atomic mass is 16.5. The Morgan fingerprint density at radius 1 is 0.917 bits per heavy atom. The number of H-pyrrole nitrogens is 1. The number of carbonyl (C=O) groups excluding carboxylic acids is 1. The first-order valence-electron chi connectivity index (χ1n) is 7.34. The number of anilines is 1. The van der Waals surface area contributed by atoms with Crippen LogP contribution in [-0.2, 0) is 0 Å². The van der Waals surface area contributed by atoms with Gasteiger partial charge in [0.25, 0.3) is 5.91 Å². The van der Waals surface area contributed by atoms with Crippen LogP contribution in [0.5, 0.6) is 17.2 Å². The molecule has 6 nitrogen and oxygen atoms in total. The van der Waals surface area contributed by atoms with Crippen LogP contribution in [0, 0.1) is 0 Å². The summed E-state index contributed by atoms with van der Waals surface area (Å²) < 4.78 is 15.6. The number of aromatic nitrogens is 1. The third-order valence-electron chi connectivity index (χ3n) is 3.71. The van der Waals surface area contributed by atoms with E-state index in [2.05, 4.69) is 10.3 Å². The molecule has 1 amide bonds. The van der Waals surface area contributed by atoms with Crippen molar-refractivity contribution in [3.63, 3.8) is 0 Å². The van der Waals surface area contributed by atoms with E-state index < -0.39 is 0 Å². The number of aromatic amines is 1. The molecule has 0 spiro atoms. The van der Waals surface area contributed by atoms with Crippen molar-refractivity contribution in [1.29, 1.82) is 0 Å². The van der Waals surface area contributed by atoms with Gasteiger partial charge >= 0.3 is 0 Å². The predicted octanol–water partition coefficient (Wildman–Crippen LogP) is 3.45. The van der Waals surface area contributed by atoms with Crippen molar-refractivity contribution >= 4 is 22.5 Å². The van der Waals surface area contributed by atoms with E-state index in [1.165, 1.54) is 0 Å². The van der Waals surface area contributed by atoms with Crippen LogP contribution >= 0.6 is 0 Å². The van der Waals surface area contributed by atoms with Gasteiger partial charge in [-0.15, -0.1) is 0 Å². The fourth-order valence-electron chi connectivity index (χ4n) is 2.47. The molecule has 0 saturated carbocycles. The number of rotatable bonds is 5. The first-order chi connectivity index (χ1) is 11.6. The maximum atomic E-state index is 12.4. The molecule has 0 aliphatic carbocycles. The zero-order valence-electron chi connectivity index (χ0n) is 13.7. The Bertz CT molecular complexity index is 886. The van der Waals surface area contributed by atoms with Crippen molar-refractivity contribution in [1.82, 2.24) is 4.98 Å². The molecule has 0 fully saturated rings. The van der Waals surface area contributed by atoms with Gasteiger partial charge in [-0.2, -0.15) is 0 Å². The SMILES string of the molecule is COc1ccc2[nH]c(C(=O)Nc3ccc(OC)c(OC)c3)cc2c1. The van der Waals surface area contributed by atoms with Crippen LogP contribution in [0.3, 0.4) is 0 Å². The summed E-state index contributed by atoms with van der Waals surface area (Å²) in [5, 5.41) is 3.75. The molecule has 0 bridgehead atoms. The number of hydrogen-bond donors (Lipinski definition) is 2. The minimum atomic E-state index is -0.239. The Labute approximate surface area is 139 Å². The lowest BCUT2D eigenvalue weighted by Crippen LogP contribution is -2.12. The van der Waals surface area contributed by atoms with Gasteiger partial charge in [-0.25, -0.2) is 0 Å². The molecule has 0 aliphatic heterocycles. The predicted molar refractivity (Wildman–Crippen MR) is 92.3 cm³/mol. The Hall–Kier alpha value is -3.15. The van der Waals surface area contributed by atoms with E-state index in [0.717, 1.165) is 16.7 Å². The minimum absolute atomic E-state index is 0.239. The Balaban J connectivity index is 1.84. The van der Waals surface area contributed by atoms with Gasteiger partial charge in [0.05, 0.1) is 21.3 Å². The van der Waals surface area contributed by atoms with Crippen molar-refractivity contribution in [2.24, 2.45) is 0 Å². The second kappa shape index (κ2) is 6.54. The highest BCUT2D eigenvalue weighted by Gasteiger charge is 2.12. The van der Waals surface area contributed by atoms with Crippen molar-refractivity contribution in [3.05, 3.63) is 48.2 Å². The maximum absolute atomic E-state index is 12.4. The second-order valence-electron chi connectivity index (χ2n) is 5.16. The van der Waals surface area contributed by atoms with Crippen LogP contribution in [0.1, 0.15) is 10.5 Å². The van der Waals surface area contributed by atoms with Crippen molar-refractivity contribution in [2.75, 3.05) is 26.6 Å². The number of methoxy groups -OCH3 is 3. The van der Waals surface area contributed by atoms with E-state index in [-0.39, 0.29) is 5.91 Å². The lowest BCUT2D eigenvalue weighted by molar-refractivity contribution is 0.102. The quantitative estimate of drug-likeness (QED) is 0.753. The average Bonchev–Trinajstić information content (AvgIpc) is 3.04. The fourth-order valence-corrected chi connectivity index (χ4v) is 2.47. The minimum Gasteiger partial charge on any atom is -0.497 e. The molecular weight excluding hydrogens is 308 g/mol. The highest BCUT2D eigenvalue weighted by Crippen LogP contribution is 2.30. The summed E-state index contributed by atoms with van der Waals surface area (Å²) in [6, 6.07) is 12.6. The van der Waals surface area contributed by atoms with Gasteiger partial charge < -0.3 is 24.5 Å². The summed E-state index contributed by atoms with van der Waals surface area (Å²) in [6.45, 7) is 0. The maximum Gasteiger partial charge on any atom is 0.272 e. The lowest BCUT2D eigenvalue weighted by atomic mass is 10.2. The Morgan fingerprint density at radius 3 is 2.42 bits per heavy atom. The Morgan fingerprint density at radius 2 is 1.71 bits per heavy atom. The van der Waals surface area contributed by atoms with Crippen molar-refractivity contribution in [2.45, 2.75) is 0 Å². The molecule has 24 heavy (non-hydrogen) atoms. The highest BCUT2D eigenvalue weighted by molar-refractivity contribution is 6.06. The zero-order chi connectivity index (χ0) is 17.1. The third-order valence-corrected chi connectivity index (χ3v) is 3.71. The summed E-state index contributed by atoms with van der Waals surface area (Å²) in [7, 11) is 4.72. The molecule has 1 heterocycles. The van der Waals surface area contributed by atoms with E-state index >= 15 is 0 Å². The molecule has 2 aromatic carbocycles. The molecule has 124 valence electrons. The van der Waals surface area contributed by atoms with E-state index in [1.807, 2.05) is 18.2 Å². The second-order valence-corrected chi connectivity index (χ2v) is 5.16. The molecule has 0 atom stereocenters. The molecule has 0 radical (unpaired) electrons. The summed E-state index contributed by atoms with van der Waals surface area (Å²) in [4.78, 5) is 15.5. The fraction of sp³-hybridized carbons (Fsp3) is 0.167. The average molecular weight is 326 g/mol. The van der Waals surface area contributed by atoms with Gasteiger partial charge in [0.2, 0.25) is 0 Å². The van der Waals surface area contributed by atoms with Crippen LogP contribution in [0.15, 0.2) is 42.5 Å². The number of amides is 1. The van der Waals surface area contributed by atoms with Crippen molar-refractivity contribution < 1.29 is 19.0 Å². The number of ether oxygens (including phenoxy) is 3. The zero-order valence-corrected chi connectivity index (χ0v) is 13.7. The monoisotopic (exact) mass is 326 g/mol. The third kappa shape index (κ3) is 2.99. The summed E-state index contributed by atoms with van der Waals surface area (Å²) in [5.41, 5.74) is 1.95. The number of carbonyl (C=O) groups is 1. The molecule has 3 aromatic rings. The standard InChI is InChI=1S/C18H18N2O4/c1-22-13-5-6-14-11(8-13)9-15(20-14)18(21)19-12-4-7-16(23-2)17(10-12)24-3/h4-10,20H,1-3H3,(H,19,21). The van der Waals surface area contributed by atoms with E-state index in [0.29, 0.717) is 22.9 Å². The molecule has 0 unspecified atom stereocenters. The van der Waals surface area contributed by atoms with Crippen LogP contribution < -0.4 is 19.5 Å². The number of nitrogens with one attached hydrogen (secondary N) is 2. The van der Waals surface area contributed by atoms with Crippen LogP contribution in [0.2, 0.25) is 0 Å². The van der Waals surface area contributed by atoms with Gasteiger partial charge in [0.15, 0.2) is 11.5 Å². The summed E-state index contributed by atoms with van der Waals surface area (Å²) in [5.74, 6) is 1.66. The van der Waals surface area contributed by atoms with Gasteiger partial charge in [-0.05, 0) is 36.4 Å². The number of fused-ring (bicyclic) bond motifs is 1. The molecule has 0 saturated heterocycles. The summed E-state index contributed by atoms with van der Waals surface area (Å²) >= 11 is 0. The number of benzene rings is 2. The van der Waals surface area contributed by atoms with E-state index in [4.69, 9.17) is 14.2 Å². The number of hydrogen-bond acceptors (Lipinski definition) is 4. The summed E-state index contributed by atoms with van der Waals surface area (Å²) in [6.07, 6.45) is 0. The molecule has 0 aliphatic rings. The largest absolute Gasteiger partial charge is 0.497 e. The van der Waals surface area contributed by atoms with Gasteiger partial charge in [0, 0.05) is 22.7 Å². The van der Waals surface area contributed by atoms with Crippen LogP contribution in [0.25, 0.3) is 10.9 Å². The van der Waals surface area contributed by atoms with Gasteiger partial charge in [0.1, 0.15) is 11.4 Å². The van der Waals surface area contributed by atoms with Gasteiger partial charge in [-0.1, -0.05) is 0 Å². The van der Waals surface area contributed by atoms with Crippen molar-refractivity contribution in [3.8, 4) is 17.2 Å². The molecule has 1 aromatic heterocycles. The normalized spacial score (nSPS) is 10.5. The molecule has 3 rings (SSSR count). The van der Waals surface area contributed by atoms with Crippen LogP contribution in [-0.4, -0.2) is 32.2 Å². The smallest absolute Gasteiger partial charge is 0.272 e. The first-order valence-corrected chi connectivity index (χ1v) is 7.34.